The van der Waals surface area contributed by atoms with Crippen molar-refractivity contribution >= 4 is 0 Å². The van der Waals surface area contributed by atoms with Crippen LogP contribution >= 0.6 is 0 Å². The molecule has 0 bridgehead atoms. The summed E-state index contributed by atoms with van der Waals surface area (Å²) in [4.78, 5) is 0. The summed E-state index contributed by atoms with van der Waals surface area (Å²) in [5.41, 5.74) is 5.99. The Morgan fingerprint density at radius 2 is 1.62 bits per heavy atom. The monoisotopic (exact) mass is 316 g/mol. The van der Waals surface area contributed by atoms with Gasteiger partial charge in [0, 0.05) is 0 Å². The third kappa shape index (κ3) is 3.36. The minimum Gasteiger partial charge on any atom is -0.216 e. The highest BCUT2D eigenvalue weighted by Crippen LogP contribution is 2.16. The maximum atomic E-state index is 9.33. The molecule has 0 N–H and O–H groups in total. The molecular formula is C20H20N4. The zero-order valence-electron chi connectivity index (χ0n) is 14.0. The summed E-state index contributed by atoms with van der Waals surface area (Å²) in [6.07, 6.45) is 2.59. The van der Waals surface area contributed by atoms with E-state index in [2.05, 4.69) is 66.6 Å². The summed E-state index contributed by atoms with van der Waals surface area (Å²) in [5.74, 6) is 0. The van der Waals surface area contributed by atoms with E-state index in [0.717, 1.165) is 30.6 Å². The van der Waals surface area contributed by atoms with Crippen LogP contribution in [0.15, 0.2) is 48.5 Å². The highest BCUT2D eigenvalue weighted by molar-refractivity contribution is 5.38. The van der Waals surface area contributed by atoms with Gasteiger partial charge in [0.25, 0.3) is 0 Å². The zero-order chi connectivity index (χ0) is 16.9. The number of nitrogens with zero attached hydrogens (tertiary/aromatic N) is 4. The molecule has 2 aromatic carbocycles. The fourth-order valence-corrected chi connectivity index (χ4v) is 2.71. The van der Waals surface area contributed by atoms with E-state index in [0.29, 0.717) is 5.69 Å². The van der Waals surface area contributed by atoms with Crippen molar-refractivity contribution in [1.82, 2.24) is 15.0 Å². The van der Waals surface area contributed by atoms with Crippen molar-refractivity contribution in [2.75, 3.05) is 0 Å². The quantitative estimate of drug-likeness (QED) is 0.719. The molecule has 0 saturated heterocycles. The summed E-state index contributed by atoms with van der Waals surface area (Å²) in [6.45, 7) is 4.21. The first-order valence-corrected chi connectivity index (χ1v) is 8.20. The number of hydrogen-bond acceptors (Lipinski definition) is 3. The van der Waals surface area contributed by atoms with Crippen molar-refractivity contribution in [3.05, 3.63) is 76.6 Å². The summed E-state index contributed by atoms with van der Waals surface area (Å²) in [7, 11) is 0. The normalized spacial score (nSPS) is 10.5. The van der Waals surface area contributed by atoms with E-state index in [1.165, 1.54) is 16.7 Å². The van der Waals surface area contributed by atoms with Crippen molar-refractivity contribution in [2.24, 2.45) is 0 Å². The molecule has 1 heterocycles. The predicted molar refractivity (Wildman–Crippen MR) is 94.0 cm³/mol. The van der Waals surface area contributed by atoms with Gasteiger partial charge in [0.2, 0.25) is 0 Å². The summed E-state index contributed by atoms with van der Waals surface area (Å²) in [5, 5.41) is 17.5. The van der Waals surface area contributed by atoms with Crippen LogP contribution in [0, 0.1) is 18.3 Å². The molecule has 0 aliphatic carbocycles. The number of nitriles is 1. The molecule has 3 aromatic rings. The Morgan fingerprint density at radius 3 is 2.25 bits per heavy atom. The van der Waals surface area contributed by atoms with Gasteiger partial charge >= 0.3 is 0 Å². The van der Waals surface area contributed by atoms with Gasteiger partial charge in [-0.1, -0.05) is 54.1 Å². The summed E-state index contributed by atoms with van der Waals surface area (Å²) < 4.78 is 1.78. The van der Waals surface area contributed by atoms with Crippen LogP contribution in [0.25, 0.3) is 5.69 Å². The largest absolute Gasteiger partial charge is 0.216 e. The van der Waals surface area contributed by atoms with Crippen LogP contribution in [0.5, 0.6) is 0 Å². The predicted octanol–water partition coefficient (Wildman–Crippen LogP) is 3.80. The van der Waals surface area contributed by atoms with E-state index < -0.39 is 0 Å². The summed E-state index contributed by atoms with van der Waals surface area (Å²) >= 11 is 0. The van der Waals surface area contributed by atoms with Gasteiger partial charge in [0.1, 0.15) is 6.07 Å². The van der Waals surface area contributed by atoms with Gasteiger partial charge in [-0.2, -0.15) is 5.26 Å². The maximum absolute atomic E-state index is 9.33. The molecular weight excluding hydrogens is 296 g/mol. The first kappa shape index (κ1) is 15.9. The van der Waals surface area contributed by atoms with Gasteiger partial charge in [-0.3, -0.25) is 0 Å². The minimum absolute atomic E-state index is 0.404. The van der Waals surface area contributed by atoms with Crippen LogP contribution in [0.1, 0.15) is 35.0 Å². The van der Waals surface area contributed by atoms with Crippen LogP contribution in [-0.4, -0.2) is 15.0 Å². The van der Waals surface area contributed by atoms with Crippen LogP contribution in [0.4, 0.5) is 0 Å². The molecule has 0 spiro atoms. The molecule has 120 valence electrons. The Balaban J connectivity index is 1.87. The first-order chi connectivity index (χ1) is 11.7. The van der Waals surface area contributed by atoms with Crippen LogP contribution in [-0.2, 0) is 19.3 Å². The Labute approximate surface area is 142 Å². The Hall–Kier alpha value is -2.93. The topological polar surface area (TPSA) is 54.5 Å². The van der Waals surface area contributed by atoms with Crippen molar-refractivity contribution in [3.63, 3.8) is 0 Å². The van der Waals surface area contributed by atoms with Gasteiger partial charge in [-0.05, 0) is 49.4 Å². The fourth-order valence-electron chi connectivity index (χ4n) is 2.71. The lowest BCUT2D eigenvalue weighted by molar-refractivity contribution is 0.751. The Kier molecular flexibility index (Phi) is 4.72. The average molecular weight is 316 g/mol. The van der Waals surface area contributed by atoms with E-state index in [1.807, 2.05) is 12.1 Å². The highest BCUT2D eigenvalue weighted by atomic mass is 15.4. The zero-order valence-corrected chi connectivity index (χ0v) is 14.0. The summed E-state index contributed by atoms with van der Waals surface area (Å²) in [6, 6.07) is 18.9. The van der Waals surface area contributed by atoms with Crippen LogP contribution in [0.2, 0.25) is 0 Å². The van der Waals surface area contributed by atoms with E-state index in [1.54, 1.807) is 4.68 Å². The Bertz CT molecular complexity index is 852. The molecule has 1 aromatic heterocycles. The molecule has 0 fully saturated rings. The van der Waals surface area contributed by atoms with Gasteiger partial charge in [-0.15, -0.1) is 5.10 Å². The van der Waals surface area contributed by atoms with Crippen molar-refractivity contribution < 1.29 is 0 Å². The second-order valence-corrected chi connectivity index (χ2v) is 5.91. The standard InChI is InChI=1S/C20H20N4/c1-3-16-8-11-18(12-9-16)24-20(19(14-21)22-23-24)13-10-17-6-4-15(2)5-7-17/h4-9,11-12H,3,10,13H2,1-2H3. The molecule has 0 atom stereocenters. The van der Waals surface area contributed by atoms with Crippen LogP contribution < -0.4 is 0 Å². The lowest BCUT2D eigenvalue weighted by Crippen LogP contribution is -2.05. The number of benzene rings is 2. The number of aromatic nitrogens is 3. The molecule has 0 radical (unpaired) electrons. The Morgan fingerprint density at radius 1 is 0.958 bits per heavy atom. The van der Waals surface area contributed by atoms with Gasteiger partial charge in [0.05, 0.1) is 11.4 Å². The average Bonchev–Trinajstić information content (AvgIpc) is 3.04. The number of rotatable bonds is 5. The first-order valence-electron chi connectivity index (χ1n) is 8.20. The van der Waals surface area contributed by atoms with E-state index in [4.69, 9.17) is 0 Å². The molecule has 4 nitrogen and oxygen atoms in total. The second-order valence-electron chi connectivity index (χ2n) is 5.91. The third-order valence-corrected chi connectivity index (χ3v) is 4.23. The molecule has 4 heteroatoms. The second kappa shape index (κ2) is 7.10. The molecule has 0 saturated carbocycles. The SMILES string of the molecule is CCc1ccc(-n2nnc(C#N)c2CCc2ccc(C)cc2)cc1. The molecule has 3 rings (SSSR count). The van der Waals surface area contributed by atoms with E-state index in [-0.39, 0.29) is 0 Å². The highest BCUT2D eigenvalue weighted by Gasteiger charge is 2.14. The molecule has 0 aliphatic heterocycles. The fraction of sp³-hybridized carbons (Fsp3) is 0.250. The lowest BCUT2D eigenvalue weighted by Gasteiger charge is -2.08. The van der Waals surface area contributed by atoms with Gasteiger partial charge in [0.15, 0.2) is 5.69 Å². The lowest BCUT2D eigenvalue weighted by atomic mass is 10.1. The third-order valence-electron chi connectivity index (χ3n) is 4.23. The number of aryl methyl sites for hydroxylation is 3. The smallest absolute Gasteiger partial charge is 0.186 e. The van der Waals surface area contributed by atoms with Crippen molar-refractivity contribution in [3.8, 4) is 11.8 Å². The van der Waals surface area contributed by atoms with Gasteiger partial charge < -0.3 is 0 Å². The van der Waals surface area contributed by atoms with E-state index >= 15 is 0 Å². The molecule has 0 aliphatic rings. The van der Waals surface area contributed by atoms with Crippen molar-refractivity contribution in [1.29, 1.82) is 5.26 Å². The van der Waals surface area contributed by atoms with Gasteiger partial charge in [-0.25, -0.2) is 4.68 Å². The van der Waals surface area contributed by atoms with Crippen LogP contribution in [0.3, 0.4) is 0 Å². The molecule has 24 heavy (non-hydrogen) atoms. The minimum atomic E-state index is 0.404. The molecule has 0 amide bonds. The van der Waals surface area contributed by atoms with Crippen molar-refractivity contribution in [2.45, 2.75) is 33.1 Å². The molecule has 0 unspecified atom stereocenters. The number of hydrogen-bond donors (Lipinski definition) is 0. The maximum Gasteiger partial charge on any atom is 0.186 e. The van der Waals surface area contributed by atoms with E-state index in [9.17, 15) is 5.26 Å².